The molecule has 1 aliphatic heterocycles. The third-order valence-corrected chi connectivity index (χ3v) is 2.16. The van der Waals surface area contributed by atoms with Crippen LogP contribution in [0.4, 0.5) is 0 Å². The molecule has 0 aromatic carbocycles. The van der Waals surface area contributed by atoms with E-state index in [0.717, 1.165) is 4.90 Å². The summed E-state index contributed by atoms with van der Waals surface area (Å²) >= 11 is 0. The summed E-state index contributed by atoms with van der Waals surface area (Å²) in [5, 5.41) is 8.66. The molecule has 1 rings (SSSR count). The molecule has 0 fully saturated rings. The number of rotatable bonds is 3. The Kier molecular flexibility index (Phi) is 3.08. The summed E-state index contributed by atoms with van der Waals surface area (Å²) in [6.07, 6.45) is 0.989. The smallest absolute Gasteiger partial charge is 0.333 e. The minimum Gasteiger partial charge on any atom is -0.478 e. The molecule has 1 heterocycles. The molecule has 6 heteroatoms. The van der Waals surface area contributed by atoms with Gasteiger partial charge in [0.05, 0.1) is 19.1 Å². The van der Waals surface area contributed by atoms with Crippen molar-refractivity contribution >= 4 is 17.8 Å². The zero-order valence-corrected chi connectivity index (χ0v) is 8.39. The van der Waals surface area contributed by atoms with Crippen LogP contribution in [0.5, 0.6) is 0 Å². The van der Waals surface area contributed by atoms with Gasteiger partial charge < -0.3 is 14.7 Å². The maximum absolute atomic E-state index is 11.4. The van der Waals surface area contributed by atoms with Gasteiger partial charge in [-0.1, -0.05) is 0 Å². The number of amides is 1. The Labute approximate surface area is 86.1 Å². The standard InChI is InChI=1S/C9H11NO5/c1-5(9(14)15-2)10-4-6(8(12)13)3-7(10)11/h4-5H,3H2,1-2H3,(H,12,13)/t5-/m0/s1. The first-order valence-corrected chi connectivity index (χ1v) is 4.30. The fourth-order valence-electron chi connectivity index (χ4n) is 1.28. The van der Waals surface area contributed by atoms with Crippen LogP contribution in [0.2, 0.25) is 0 Å². The Hall–Kier alpha value is -1.85. The lowest BCUT2D eigenvalue weighted by molar-refractivity contribution is -0.149. The fourth-order valence-corrected chi connectivity index (χ4v) is 1.28. The largest absolute Gasteiger partial charge is 0.478 e. The molecule has 0 spiro atoms. The first-order chi connectivity index (χ1) is 6.97. The lowest BCUT2D eigenvalue weighted by Crippen LogP contribution is -2.37. The van der Waals surface area contributed by atoms with Gasteiger partial charge in [0, 0.05) is 6.20 Å². The minimum absolute atomic E-state index is 0.0178. The predicted octanol–water partition coefficient (Wildman–Crippen LogP) is -0.251. The molecule has 15 heavy (non-hydrogen) atoms. The van der Waals surface area contributed by atoms with Gasteiger partial charge in [-0.3, -0.25) is 4.79 Å². The van der Waals surface area contributed by atoms with Crippen LogP contribution in [-0.2, 0) is 19.1 Å². The Morgan fingerprint density at radius 1 is 1.60 bits per heavy atom. The van der Waals surface area contributed by atoms with Crippen molar-refractivity contribution in [2.45, 2.75) is 19.4 Å². The van der Waals surface area contributed by atoms with E-state index in [0.29, 0.717) is 0 Å². The van der Waals surface area contributed by atoms with Gasteiger partial charge in [0.15, 0.2) is 0 Å². The zero-order chi connectivity index (χ0) is 11.6. The molecule has 0 aromatic rings. The van der Waals surface area contributed by atoms with Gasteiger partial charge in [-0.15, -0.1) is 0 Å². The monoisotopic (exact) mass is 213 g/mol. The molecule has 0 saturated heterocycles. The van der Waals surface area contributed by atoms with Crippen molar-refractivity contribution in [3.8, 4) is 0 Å². The summed E-state index contributed by atoms with van der Waals surface area (Å²) in [5.74, 6) is -2.14. The van der Waals surface area contributed by atoms with E-state index in [4.69, 9.17) is 5.11 Å². The molecule has 1 amide bonds. The number of nitrogens with zero attached hydrogens (tertiary/aromatic N) is 1. The summed E-state index contributed by atoms with van der Waals surface area (Å²) in [5.41, 5.74) is -0.0178. The second-order valence-corrected chi connectivity index (χ2v) is 3.14. The van der Waals surface area contributed by atoms with Crippen LogP contribution in [0.25, 0.3) is 0 Å². The van der Waals surface area contributed by atoms with Crippen molar-refractivity contribution in [2.24, 2.45) is 0 Å². The minimum atomic E-state index is -1.15. The van der Waals surface area contributed by atoms with Crippen molar-refractivity contribution < 1.29 is 24.2 Å². The third-order valence-electron chi connectivity index (χ3n) is 2.16. The highest BCUT2D eigenvalue weighted by atomic mass is 16.5. The van der Waals surface area contributed by atoms with Crippen LogP contribution in [0.15, 0.2) is 11.8 Å². The number of ether oxygens (including phenoxy) is 1. The number of aliphatic carboxylic acids is 1. The van der Waals surface area contributed by atoms with E-state index >= 15 is 0 Å². The van der Waals surface area contributed by atoms with Gasteiger partial charge in [0.25, 0.3) is 0 Å². The molecule has 82 valence electrons. The van der Waals surface area contributed by atoms with Gasteiger partial charge in [0.2, 0.25) is 5.91 Å². The number of carbonyl (C=O) groups is 3. The van der Waals surface area contributed by atoms with Crippen LogP contribution < -0.4 is 0 Å². The van der Waals surface area contributed by atoms with E-state index in [-0.39, 0.29) is 12.0 Å². The first kappa shape index (κ1) is 11.2. The van der Waals surface area contributed by atoms with E-state index in [2.05, 4.69) is 4.74 Å². The highest BCUT2D eigenvalue weighted by Crippen LogP contribution is 2.19. The zero-order valence-electron chi connectivity index (χ0n) is 8.39. The number of carbonyl (C=O) groups excluding carboxylic acids is 2. The number of esters is 1. The molecule has 0 aromatic heterocycles. The third kappa shape index (κ3) is 2.15. The summed E-state index contributed by atoms with van der Waals surface area (Å²) in [6, 6.07) is -0.792. The first-order valence-electron chi connectivity index (χ1n) is 4.30. The average Bonchev–Trinajstić information content (AvgIpc) is 2.58. The van der Waals surface area contributed by atoms with E-state index in [9.17, 15) is 14.4 Å². The van der Waals surface area contributed by atoms with Crippen LogP contribution in [-0.4, -0.2) is 41.0 Å². The number of hydrogen-bond donors (Lipinski definition) is 1. The Morgan fingerprint density at radius 3 is 2.60 bits per heavy atom. The van der Waals surface area contributed by atoms with Gasteiger partial charge in [0.1, 0.15) is 6.04 Å². The number of carboxylic acids is 1. The van der Waals surface area contributed by atoms with E-state index in [1.54, 1.807) is 0 Å². The highest BCUT2D eigenvalue weighted by Gasteiger charge is 2.32. The van der Waals surface area contributed by atoms with Gasteiger partial charge in [-0.25, -0.2) is 9.59 Å². The number of hydrogen-bond acceptors (Lipinski definition) is 4. The summed E-state index contributed by atoms with van der Waals surface area (Å²) < 4.78 is 4.46. The van der Waals surface area contributed by atoms with Crippen LogP contribution in [0.3, 0.4) is 0 Å². The molecule has 1 N–H and O–H groups in total. The number of methoxy groups -OCH3 is 1. The van der Waals surface area contributed by atoms with Crippen LogP contribution in [0.1, 0.15) is 13.3 Å². The van der Waals surface area contributed by atoms with E-state index < -0.39 is 23.9 Å². The lowest BCUT2D eigenvalue weighted by Gasteiger charge is -2.19. The van der Waals surface area contributed by atoms with Gasteiger partial charge in [-0.05, 0) is 6.92 Å². The van der Waals surface area contributed by atoms with Crippen LogP contribution >= 0.6 is 0 Å². The quantitative estimate of drug-likeness (QED) is 0.653. The topological polar surface area (TPSA) is 83.9 Å². The maximum Gasteiger partial charge on any atom is 0.333 e. The second kappa shape index (κ2) is 4.12. The normalized spacial score (nSPS) is 17.3. The van der Waals surface area contributed by atoms with Gasteiger partial charge in [-0.2, -0.15) is 0 Å². The van der Waals surface area contributed by atoms with Crippen molar-refractivity contribution in [1.29, 1.82) is 0 Å². The van der Waals surface area contributed by atoms with Crippen molar-refractivity contribution in [2.75, 3.05) is 7.11 Å². The Morgan fingerprint density at radius 2 is 2.20 bits per heavy atom. The highest BCUT2D eigenvalue weighted by molar-refractivity contribution is 5.99. The Balaban J connectivity index is 2.83. The molecule has 6 nitrogen and oxygen atoms in total. The molecule has 0 radical (unpaired) electrons. The molecule has 0 saturated carbocycles. The molecular formula is C9H11NO5. The van der Waals surface area contributed by atoms with Crippen LogP contribution in [0, 0.1) is 0 Å². The average molecular weight is 213 g/mol. The van der Waals surface area contributed by atoms with Crippen molar-refractivity contribution in [3.05, 3.63) is 11.8 Å². The van der Waals surface area contributed by atoms with Crippen molar-refractivity contribution in [3.63, 3.8) is 0 Å². The summed E-state index contributed by atoms with van der Waals surface area (Å²) in [4.78, 5) is 34.2. The molecule has 0 aliphatic carbocycles. The lowest BCUT2D eigenvalue weighted by atomic mass is 10.2. The molecule has 1 atom stereocenters. The van der Waals surface area contributed by atoms with Crippen molar-refractivity contribution in [1.82, 2.24) is 4.90 Å². The van der Waals surface area contributed by atoms with E-state index in [1.807, 2.05) is 0 Å². The fraction of sp³-hybridized carbons (Fsp3) is 0.444. The van der Waals surface area contributed by atoms with E-state index in [1.165, 1.54) is 20.2 Å². The molecule has 0 bridgehead atoms. The summed E-state index contributed by atoms with van der Waals surface area (Å²) in [7, 11) is 1.21. The molecule has 1 aliphatic rings. The predicted molar refractivity (Wildman–Crippen MR) is 48.7 cm³/mol. The summed E-state index contributed by atoms with van der Waals surface area (Å²) in [6.45, 7) is 1.48. The SMILES string of the molecule is COC(=O)[C@H](C)N1C=C(C(=O)O)CC1=O. The number of carboxylic acid groups (broad SMARTS) is 1. The molecule has 0 unspecified atom stereocenters. The molecular weight excluding hydrogens is 202 g/mol. The van der Waals surface area contributed by atoms with Gasteiger partial charge >= 0.3 is 11.9 Å². The Bertz CT molecular complexity index is 346. The second-order valence-electron chi connectivity index (χ2n) is 3.14. The maximum atomic E-state index is 11.4.